The molecule has 1 unspecified atom stereocenters. The predicted octanol–water partition coefficient (Wildman–Crippen LogP) is 2.05. The highest BCUT2D eigenvalue weighted by Gasteiger charge is 2.35. The molecule has 1 aliphatic rings. The first-order valence-electron chi connectivity index (χ1n) is 7.52. The number of hydrogen-bond acceptors (Lipinski definition) is 5. The first-order valence-corrected chi connectivity index (χ1v) is 7.52. The summed E-state index contributed by atoms with van der Waals surface area (Å²) in [5.74, 6) is -1.94. The van der Waals surface area contributed by atoms with Gasteiger partial charge in [-0.15, -0.1) is 0 Å². The Morgan fingerprint density at radius 2 is 2.20 bits per heavy atom. The Morgan fingerprint density at radius 1 is 1.40 bits per heavy atom. The maximum absolute atomic E-state index is 13.4. The van der Waals surface area contributed by atoms with Crippen LogP contribution < -0.4 is 5.32 Å². The van der Waals surface area contributed by atoms with Crippen LogP contribution in [0, 0.1) is 12.7 Å². The molecule has 1 atom stereocenters. The standard InChI is InChI=1S/C17H13FN4O3/c1-8-11(17(24)25-2)6-22-15(8)14(19-7-20-22)13-10-4-3-9(18)5-12(10)21-16(13)23/h3-7,13H,1-2H3,(H,21,23). The lowest BCUT2D eigenvalue weighted by Crippen LogP contribution is -2.16. The van der Waals surface area contributed by atoms with Gasteiger partial charge in [0.05, 0.1) is 23.9 Å². The second-order valence-corrected chi connectivity index (χ2v) is 5.75. The molecule has 8 heteroatoms. The minimum absolute atomic E-state index is 0.304. The summed E-state index contributed by atoms with van der Waals surface area (Å²) < 4.78 is 19.7. The van der Waals surface area contributed by atoms with Crippen molar-refractivity contribution in [1.82, 2.24) is 14.6 Å². The highest BCUT2D eigenvalue weighted by atomic mass is 19.1. The number of aromatic nitrogens is 3. The van der Waals surface area contributed by atoms with Crippen LogP contribution in [0.3, 0.4) is 0 Å². The molecule has 3 aromatic rings. The van der Waals surface area contributed by atoms with E-state index in [1.165, 1.54) is 30.1 Å². The third-order valence-corrected chi connectivity index (χ3v) is 4.38. The molecule has 1 aliphatic heterocycles. The molecular weight excluding hydrogens is 327 g/mol. The Hall–Kier alpha value is -3.29. The molecule has 0 saturated heterocycles. The normalized spacial score (nSPS) is 16.0. The highest BCUT2D eigenvalue weighted by molar-refractivity contribution is 6.06. The van der Waals surface area contributed by atoms with Crippen LogP contribution in [0.1, 0.15) is 33.1 Å². The van der Waals surface area contributed by atoms with E-state index in [1.807, 2.05) is 0 Å². The Kier molecular flexibility index (Phi) is 3.28. The quantitative estimate of drug-likeness (QED) is 0.722. The number of amides is 1. The second-order valence-electron chi connectivity index (χ2n) is 5.75. The predicted molar refractivity (Wildman–Crippen MR) is 85.9 cm³/mol. The average molecular weight is 340 g/mol. The second kappa shape index (κ2) is 5.37. The van der Waals surface area contributed by atoms with Gasteiger partial charge in [-0.3, -0.25) is 4.79 Å². The summed E-state index contributed by atoms with van der Waals surface area (Å²) in [5, 5.41) is 6.78. The summed E-state index contributed by atoms with van der Waals surface area (Å²) in [6, 6.07) is 4.14. The molecule has 1 N–H and O–H groups in total. The largest absolute Gasteiger partial charge is 0.465 e. The Bertz CT molecular complexity index is 1040. The number of anilines is 1. The van der Waals surface area contributed by atoms with Crippen LogP contribution in [0.25, 0.3) is 5.52 Å². The molecule has 126 valence electrons. The van der Waals surface area contributed by atoms with E-state index in [4.69, 9.17) is 4.74 Å². The third kappa shape index (κ3) is 2.18. The maximum Gasteiger partial charge on any atom is 0.339 e. The van der Waals surface area contributed by atoms with Gasteiger partial charge in [-0.1, -0.05) is 6.07 Å². The first-order chi connectivity index (χ1) is 12.0. The molecule has 0 aliphatic carbocycles. The SMILES string of the molecule is COC(=O)c1cn2ncnc(C3C(=O)Nc4cc(F)ccc43)c2c1C. The first kappa shape index (κ1) is 15.3. The number of esters is 1. The molecule has 2 aromatic heterocycles. The number of halogens is 1. The zero-order valence-electron chi connectivity index (χ0n) is 13.4. The van der Waals surface area contributed by atoms with E-state index in [1.54, 1.807) is 19.2 Å². The van der Waals surface area contributed by atoms with E-state index < -0.39 is 17.7 Å². The summed E-state index contributed by atoms with van der Waals surface area (Å²) >= 11 is 0. The fourth-order valence-corrected chi connectivity index (χ4v) is 3.22. The minimum atomic E-state index is -0.708. The Labute approximate surface area is 141 Å². The van der Waals surface area contributed by atoms with Crippen molar-refractivity contribution in [2.24, 2.45) is 0 Å². The number of rotatable bonds is 2. The number of nitrogens with zero attached hydrogens (tertiary/aromatic N) is 3. The van der Waals surface area contributed by atoms with E-state index in [2.05, 4.69) is 15.4 Å². The van der Waals surface area contributed by atoms with Crippen molar-refractivity contribution >= 4 is 23.1 Å². The van der Waals surface area contributed by atoms with Crippen LogP contribution in [0.5, 0.6) is 0 Å². The van der Waals surface area contributed by atoms with Crippen LogP contribution in [0.4, 0.5) is 10.1 Å². The number of methoxy groups -OCH3 is 1. The number of carbonyl (C=O) groups is 2. The molecule has 0 saturated carbocycles. The van der Waals surface area contributed by atoms with Crippen molar-refractivity contribution in [2.45, 2.75) is 12.8 Å². The van der Waals surface area contributed by atoms with Gasteiger partial charge in [0.25, 0.3) is 0 Å². The number of aryl methyl sites for hydroxylation is 1. The number of hydrogen-bond donors (Lipinski definition) is 1. The molecule has 1 amide bonds. The Balaban J connectivity index is 1.95. The van der Waals surface area contributed by atoms with Crippen molar-refractivity contribution in [3.8, 4) is 0 Å². The molecule has 7 nitrogen and oxygen atoms in total. The smallest absolute Gasteiger partial charge is 0.339 e. The van der Waals surface area contributed by atoms with Crippen LogP contribution in [-0.2, 0) is 9.53 Å². The molecule has 1 aromatic carbocycles. The van der Waals surface area contributed by atoms with Crippen molar-refractivity contribution in [3.05, 3.63) is 58.9 Å². The molecule has 0 radical (unpaired) electrons. The minimum Gasteiger partial charge on any atom is -0.465 e. The van der Waals surface area contributed by atoms with Gasteiger partial charge in [0, 0.05) is 11.9 Å². The lowest BCUT2D eigenvalue weighted by molar-refractivity contribution is -0.116. The van der Waals surface area contributed by atoms with E-state index in [0.29, 0.717) is 33.6 Å². The zero-order chi connectivity index (χ0) is 17.7. The lowest BCUT2D eigenvalue weighted by Gasteiger charge is -2.10. The summed E-state index contributed by atoms with van der Waals surface area (Å²) in [4.78, 5) is 28.7. The fourth-order valence-electron chi connectivity index (χ4n) is 3.22. The summed E-state index contributed by atoms with van der Waals surface area (Å²) in [6.07, 6.45) is 2.86. The van der Waals surface area contributed by atoms with Gasteiger partial charge in [-0.05, 0) is 30.2 Å². The van der Waals surface area contributed by atoms with Gasteiger partial charge < -0.3 is 10.1 Å². The maximum atomic E-state index is 13.4. The van der Waals surface area contributed by atoms with Crippen molar-refractivity contribution in [2.75, 3.05) is 12.4 Å². The highest BCUT2D eigenvalue weighted by Crippen LogP contribution is 2.39. The monoisotopic (exact) mass is 340 g/mol. The topological polar surface area (TPSA) is 85.6 Å². The summed E-state index contributed by atoms with van der Waals surface area (Å²) in [7, 11) is 1.30. The van der Waals surface area contributed by atoms with Crippen LogP contribution in [-0.4, -0.2) is 33.6 Å². The molecule has 3 heterocycles. The number of nitrogens with one attached hydrogen (secondary N) is 1. The van der Waals surface area contributed by atoms with Gasteiger partial charge in [0.15, 0.2) is 0 Å². The average Bonchev–Trinajstić information content (AvgIpc) is 3.10. The van der Waals surface area contributed by atoms with Crippen molar-refractivity contribution < 1.29 is 18.7 Å². The zero-order valence-corrected chi connectivity index (χ0v) is 13.4. The number of ether oxygens (including phenoxy) is 1. The van der Waals surface area contributed by atoms with Gasteiger partial charge in [-0.2, -0.15) is 5.10 Å². The number of carbonyl (C=O) groups excluding carboxylic acids is 2. The lowest BCUT2D eigenvalue weighted by atomic mass is 9.95. The van der Waals surface area contributed by atoms with Crippen LogP contribution >= 0.6 is 0 Å². The summed E-state index contributed by atoms with van der Waals surface area (Å²) in [6.45, 7) is 1.74. The van der Waals surface area contributed by atoms with E-state index in [0.717, 1.165) is 0 Å². The van der Waals surface area contributed by atoms with Gasteiger partial charge >= 0.3 is 5.97 Å². The Morgan fingerprint density at radius 3 is 2.96 bits per heavy atom. The van der Waals surface area contributed by atoms with Gasteiger partial charge in [-0.25, -0.2) is 18.7 Å². The molecule has 0 spiro atoms. The van der Waals surface area contributed by atoms with Gasteiger partial charge in [0.2, 0.25) is 5.91 Å². The van der Waals surface area contributed by atoms with E-state index in [9.17, 15) is 14.0 Å². The molecule has 0 bridgehead atoms. The third-order valence-electron chi connectivity index (χ3n) is 4.38. The molecule has 25 heavy (non-hydrogen) atoms. The number of fused-ring (bicyclic) bond motifs is 2. The van der Waals surface area contributed by atoms with Crippen LogP contribution in [0.2, 0.25) is 0 Å². The molecule has 4 rings (SSSR count). The summed E-state index contributed by atoms with van der Waals surface area (Å²) in [5.41, 5.74) is 3.02. The van der Waals surface area contributed by atoms with E-state index in [-0.39, 0.29) is 5.91 Å². The van der Waals surface area contributed by atoms with Crippen LogP contribution in [0.15, 0.2) is 30.7 Å². The van der Waals surface area contributed by atoms with E-state index >= 15 is 0 Å². The number of benzene rings is 1. The molecule has 0 fully saturated rings. The van der Waals surface area contributed by atoms with Crippen molar-refractivity contribution in [3.63, 3.8) is 0 Å². The fraction of sp³-hybridized carbons (Fsp3) is 0.176. The molecular formula is C17H13FN4O3. The van der Waals surface area contributed by atoms with Crippen molar-refractivity contribution in [1.29, 1.82) is 0 Å². The van der Waals surface area contributed by atoms with Gasteiger partial charge in [0.1, 0.15) is 18.1 Å².